The number of amides is 1. The summed E-state index contributed by atoms with van der Waals surface area (Å²) < 4.78 is 32.6. The van der Waals surface area contributed by atoms with Gasteiger partial charge < -0.3 is 9.64 Å². The fourth-order valence-electron chi connectivity index (χ4n) is 2.63. The summed E-state index contributed by atoms with van der Waals surface area (Å²) in [4.78, 5) is 24.1. The lowest BCUT2D eigenvalue weighted by Crippen LogP contribution is -2.40. The SMILES string of the molecule is O=C(c1cccc(NS(=O)(=O)c2ccc([N+](=O)[O-])cc2)c1)N1CCOCC1. The number of nitro benzene ring substituents is 1. The van der Waals surface area contributed by atoms with Gasteiger partial charge in [-0.3, -0.25) is 19.6 Å². The summed E-state index contributed by atoms with van der Waals surface area (Å²) in [7, 11) is -3.94. The Hall–Kier alpha value is -2.98. The van der Waals surface area contributed by atoms with E-state index in [1.807, 2.05) is 0 Å². The number of ether oxygens (including phenoxy) is 1. The van der Waals surface area contributed by atoms with E-state index in [4.69, 9.17) is 4.74 Å². The third-order valence-corrected chi connectivity index (χ3v) is 5.42. The number of hydrogen-bond acceptors (Lipinski definition) is 6. The zero-order valence-corrected chi connectivity index (χ0v) is 15.0. The van der Waals surface area contributed by atoms with E-state index in [9.17, 15) is 23.3 Å². The molecular formula is C17H17N3O6S. The molecule has 1 N–H and O–H groups in total. The molecule has 0 aromatic heterocycles. The molecule has 0 spiro atoms. The van der Waals surface area contributed by atoms with Crippen LogP contribution < -0.4 is 4.72 Å². The molecule has 9 nitrogen and oxygen atoms in total. The van der Waals surface area contributed by atoms with Crippen LogP contribution in [0.5, 0.6) is 0 Å². The van der Waals surface area contributed by atoms with Crippen molar-refractivity contribution in [2.45, 2.75) is 4.90 Å². The van der Waals surface area contributed by atoms with Crippen molar-refractivity contribution in [2.24, 2.45) is 0 Å². The van der Waals surface area contributed by atoms with Gasteiger partial charge in [0.15, 0.2) is 0 Å². The summed E-state index contributed by atoms with van der Waals surface area (Å²) in [5.41, 5.74) is 0.389. The molecule has 0 atom stereocenters. The van der Waals surface area contributed by atoms with Gasteiger partial charge in [0.1, 0.15) is 0 Å². The molecule has 1 aliphatic rings. The Bertz CT molecular complexity index is 953. The van der Waals surface area contributed by atoms with Gasteiger partial charge >= 0.3 is 0 Å². The summed E-state index contributed by atoms with van der Waals surface area (Å²) in [5.74, 6) is -0.199. The normalized spacial score (nSPS) is 14.6. The predicted molar refractivity (Wildman–Crippen MR) is 97.1 cm³/mol. The Labute approximate surface area is 155 Å². The number of carbonyl (C=O) groups is 1. The summed E-state index contributed by atoms with van der Waals surface area (Å²) in [6.45, 7) is 1.91. The van der Waals surface area contributed by atoms with E-state index in [2.05, 4.69) is 4.72 Å². The summed E-state index contributed by atoms with van der Waals surface area (Å²) >= 11 is 0. The van der Waals surface area contributed by atoms with E-state index in [0.29, 0.717) is 31.9 Å². The molecular weight excluding hydrogens is 374 g/mol. The van der Waals surface area contributed by atoms with Crippen LogP contribution in [-0.2, 0) is 14.8 Å². The monoisotopic (exact) mass is 391 g/mol. The number of morpholine rings is 1. The highest BCUT2D eigenvalue weighted by Crippen LogP contribution is 2.20. The predicted octanol–water partition coefficient (Wildman–Crippen LogP) is 1.87. The number of sulfonamides is 1. The van der Waals surface area contributed by atoms with Crippen molar-refractivity contribution in [3.63, 3.8) is 0 Å². The third kappa shape index (κ3) is 4.41. The van der Waals surface area contributed by atoms with E-state index in [1.165, 1.54) is 12.1 Å². The lowest BCUT2D eigenvalue weighted by Gasteiger charge is -2.27. The topological polar surface area (TPSA) is 119 Å². The molecule has 1 saturated heterocycles. The number of rotatable bonds is 5. The molecule has 3 rings (SSSR count). The van der Waals surface area contributed by atoms with E-state index < -0.39 is 14.9 Å². The lowest BCUT2D eigenvalue weighted by molar-refractivity contribution is -0.384. The number of nitro groups is 1. The summed E-state index contributed by atoms with van der Waals surface area (Å²) in [6, 6.07) is 10.7. The standard InChI is InChI=1S/C17H17N3O6S/c21-17(19-8-10-26-11-9-19)13-2-1-3-14(12-13)18-27(24,25)16-6-4-15(5-7-16)20(22)23/h1-7,12,18H,8-11H2. The van der Waals surface area contributed by atoms with E-state index >= 15 is 0 Å². The molecule has 1 aliphatic heterocycles. The fraction of sp³-hybridized carbons (Fsp3) is 0.235. The van der Waals surface area contributed by atoms with Crippen molar-refractivity contribution in [2.75, 3.05) is 31.0 Å². The van der Waals surface area contributed by atoms with Crippen LogP contribution >= 0.6 is 0 Å². The summed E-state index contributed by atoms with van der Waals surface area (Å²) in [6.07, 6.45) is 0. The molecule has 1 amide bonds. The second-order valence-corrected chi connectivity index (χ2v) is 7.52. The van der Waals surface area contributed by atoms with Gasteiger partial charge in [-0.2, -0.15) is 0 Å². The molecule has 10 heteroatoms. The van der Waals surface area contributed by atoms with Crippen LogP contribution in [0.25, 0.3) is 0 Å². The Morgan fingerprint density at radius 3 is 2.41 bits per heavy atom. The molecule has 1 fully saturated rings. The van der Waals surface area contributed by atoms with Crippen LogP contribution in [0.15, 0.2) is 53.4 Å². The minimum Gasteiger partial charge on any atom is -0.378 e. The highest BCUT2D eigenvalue weighted by molar-refractivity contribution is 7.92. The Morgan fingerprint density at radius 2 is 1.78 bits per heavy atom. The van der Waals surface area contributed by atoms with Gasteiger partial charge in [-0.25, -0.2) is 8.42 Å². The van der Waals surface area contributed by atoms with Crippen LogP contribution in [0.4, 0.5) is 11.4 Å². The van der Waals surface area contributed by atoms with Gasteiger partial charge in [-0.05, 0) is 30.3 Å². The Balaban J connectivity index is 1.78. The van der Waals surface area contributed by atoms with E-state index in [1.54, 1.807) is 17.0 Å². The van der Waals surface area contributed by atoms with Crippen LogP contribution in [0, 0.1) is 10.1 Å². The second-order valence-electron chi connectivity index (χ2n) is 5.84. The first-order chi connectivity index (χ1) is 12.9. The molecule has 27 heavy (non-hydrogen) atoms. The van der Waals surface area contributed by atoms with Crippen molar-refractivity contribution < 1.29 is 22.9 Å². The minimum absolute atomic E-state index is 0.113. The number of hydrogen-bond donors (Lipinski definition) is 1. The molecule has 0 bridgehead atoms. The Kier molecular flexibility index (Phi) is 5.38. The zero-order chi connectivity index (χ0) is 19.4. The minimum atomic E-state index is -3.94. The number of non-ortho nitro benzene ring substituents is 1. The third-order valence-electron chi connectivity index (χ3n) is 4.02. The van der Waals surface area contributed by atoms with Crippen LogP contribution in [0.1, 0.15) is 10.4 Å². The maximum atomic E-state index is 12.5. The first kappa shape index (κ1) is 18.8. The smallest absolute Gasteiger partial charge is 0.269 e. The molecule has 0 radical (unpaired) electrons. The van der Waals surface area contributed by atoms with Crippen molar-refractivity contribution in [1.82, 2.24) is 4.90 Å². The van der Waals surface area contributed by atoms with Gasteiger partial charge in [0, 0.05) is 36.5 Å². The number of benzene rings is 2. The van der Waals surface area contributed by atoms with Gasteiger partial charge in [0.25, 0.3) is 21.6 Å². The highest BCUT2D eigenvalue weighted by atomic mass is 32.2. The second kappa shape index (κ2) is 7.72. The molecule has 142 valence electrons. The quantitative estimate of drug-likeness (QED) is 0.614. The first-order valence-corrected chi connectivity index (χ1v) is 9.59. The molecule has 2 aromatic rings. The molecule has 2 aromatic carbocycles. The van der Waals surface area contributed by atoms with Crippen molar-refractivity contribution in [1.29, 1.82) is 0 Å². The maximum absolute atomic E-state index is 12.5. The lowest BCUT2D eigenvalue weighted by atomic mass is 10.1. The van der Waals surface area contributed by atoms with Crippen LogP contribution in [-0.4, -0.2) is 50.5 Å². The largest absolute Gasteiger partial charge is 0.378 e. The van der Waals surface area contributed by atoms with E-state index in [-0.39, 0.29) is 22.2 Å². The zero-order valence-electron chi connectivity index (χ0n) is 14.2. The Morgan fingerprint density at radius 1 is 1.11 bits per heavy atom. The molecule has 0 saturated carbocycles. The average molecular weight is 391 g/mol. The number of nitrogens with zero attached hydrogens (tertiary/aromatic N) is 2. The van der Waals surface area contributed by atoms with Crippen LogP contribution in [0.2, 0.25) is 0 Å². The van der Waals surface area contributed by atoms with Gasteiger partial charge in [-0.1, -0.05) is 6.07 Å². The summed E-state index contributed by atoms with van der Waals surface area (Å²) in [5, 5.41) is 10.7. The number of anilines is 1. The van der Waals surface area contributed by atoms with Crippen LogP contribution in [0.3, 0.4) is 0 Å². The molecule has 0 aliphatic carbocycles. The van der Waals surface area contributed by atoms with Gasteiger partial charge in [-0.15, -0.1) is 0 Å². The number of nitrogens with one attached hydrogen (secondary N) is 1. The first-order valence-electron chi connectivity index (χ1n) is 8.11. The van der Waals surface area contributed by atoms with Crippen molar-refractivity contribution >= 4 is 27.3 Å². The van der Waals surface area contributed by atoms with E-state index in [0.717, 1.165) is 24.3 Å². The highest BCUT2D eigenvalue weighted by Gasteiger charge is 2.20. The molecule has 1 heterocycles. The van der Waals surface area contributed by atoms with Gasteiger partial charge in [0.2, 0.25) is 0 Å². The number of carbonyl (C=O) groups excluding carboxylic acids is 1. The van der Waals surface area contributed by atoms with Crippen molar-refractivity contribution in [3.05, 3.63) is 64.2 Å². The maximum Gasteiger partial charge on any atom is 0.269 e. The molecule has 0 unspecified atom stereocenters. The van der Waals surface area contributed by atoms with Crippen molar-refractivity contribution in [3.8, 4) is 0 Å². The van der Waals surface area contributed by atoms with Gasteiger partial charge in [0.05, 0.1) is 23.0 Å². The average Bonchev–Trinajstić information content (AvgIpc) is 2.68. The fourth-order valence-corrected chi connectivity index (χ4v) is 3.68.